The smallest absolute Gasteiger partial charge is 0.266 e. The van der Waals surface area contributed by atoms with Crippen LogP contribution in [-0.2, 0) is 20.1 Å². The monoisotopic (exact) mass is 406 g/mol. The van der Waals surface area contributed by atoms with Gasteiger partial charge in [-0.15, -0.1) is 0 Å². The highest BCUT2D eigenvalue weighted by atomic mass is 16.1. The molecule has 1 aromatic carbocycles. The summed E-state index contributed by atoms with van der Waals surface area (Å²) < 4.78 is 3.10. The van der Waals surface area contributed by atoms with Crippen molar-refractivity contribution in [1.29, 1.82) is 0 Å². The Morgan fingerprint density at radius 1 is 1.07 bits per heavy atom. The highest BCUT2D eigenvalue weighted by Gasteiger charge is 2.23. The predicted octanol–water partition coefficient (Wildman–Crippen LogP) is 1.22. The molecule has 3 aromatic rings. The molecule has 0 radical (unpaired) electrons. The fraction of sp³-hybridized carbons (Fsp3) is 0.455. The summed E-state index contributed by atoms with van der Waals surface area (Å²) in [6.07, 6.45) is 5.89. The van der Waals surface area contributed by atoms with Gasteiger partial charge in [0.05, 0.1) is 23.4 Å². The highest BCUT2D eigenvalue weighted by Crippen LogP contribution is 2.30. The number of nitrogens with zero attached hydrogens (tertiary/aromatic N) is 6. The van der Waals surface area contributed by atoms with Crippen molar-refractivity contribution >= 4 is 16.6 Å². The maximum Gasteiger partial charge on any atom is 0.266 e. The molecule has 2 aromatic heterocycles. The zero-order chi connectivity index (χ0) is 20.7. The van der Waals surface area contributed by atoms with Crippen LogP contribution in [0.3, 0.4) is 0 Å². The van der Waals surface area contributed by atoms with E-state index in [0.29, 0.717) is 11.3 Å². The van der Waals surface area contributed by atoms with Crippen LogP contribution in [0.15, 0.2) is 46.4 Å². The first-order valence-corrected chi connectivity index (χ1v) is 10.6. The standard InChI is InChI=1S/C22H26N6O2/c1-25-21(29)10-17(12-24-25)13-26-6-8-27(9-7-26)18-4-5-19-20(11-18)23-15-28(22(19)30)14-16-2-3-16/h4-5,10-12,15-16H,2-3,6-9,13-14H2,1H3. The third kappa shape index (κ3) is 3.87. The summed E-state index contributed by atoms with van der Waals surface area (Å²) in [7, 11) is 1.66. The lowest BCUT2D eigenvalue weighted by Crippen LogP contribution is -2.46. The van der Waals surface area contributed by atoms with Crippen molar-refractivity contribution < 1.29 is 0 Å². The maximum absolute atomic E-state index is 12.7. The molecule has 0 bridgehead atoms. The van der Waals surface area contributed by atoms with E-state index >= 15 is 0 Å². The summed E-state index contributed by atoms with van der Waals surface area (Å²) >= 11 is 0. The Morgan fingerprint density at radius 3 is 2.60 bits per heavy atom. The maximum atomic E-state index is 12.7. The molecule has 8 nitrogen and oxygen atoms in total. The molecule has 30 heavy (non-hydrogen) atoms. The molecule has 0 unspecified atom stereocenters. The number of rotatable bonds is 5. The van der Waals surface area contributed by atoms with Gasteiger partial charge in [0.15, 0.2) is 0 Å². The Balaban J connectivity index is 1.26. The highest BCUT2D eigenvalue weighted by molar-refractivity contribution is 5.81. The van der Waals surface area contributed by atoms with Crippen molar-refractivity contribution in [3.8, 4) is 0 Å². The number of piperazine rings is 1. The van der Waals surface area contributed by atoms with Crippen molar-refractivity contribution in [2.45, 2.75) is 25.9 Å². The second-order valence-corrected chi connectivity index (χ2v) is 8.44. The number of aromatic nitrogens is 4. The van der Waals surface area contributed by atoms with Crippen LogP contribution in [0.25, 0.3) is 10.9 Å². The average molecular weight is 406 g/mol. The van der Waals surface area contributed by atoms with Crippen LogP contribution in [0.5, 0.6) is 0 Å². The quantitative estimate of drug-likeness (QED) is 0.634. The van der Waals surface area contributed by atoms with Crippen molar-refractivity contribution in [2.24, 2.45) is 13.0 Å². The zero-order valence-electron chi connectivity index (χ0n) is 17.2. The number of anilines is 1. The van der Waals surface area contributed by atoms with Crippen LogP contribution in [-0.4, -0.2) is 50.4 Å². The van der Waals surface area contributed by atoms with E-state index in [1.165, 1.54) is 17.5 Å². The molecular formula is C22H26N6O2. The summed E-state index contributed by atoms with van der Waals surface area (Å²) in [6, 6.07) is 7.64. The van der Waals surface area contributed by atoms with E-state index in [2.05, 4.69) is 19.9 Å². The molecule has 1 saturated heterocycles. The van der Waals surface area contributed by atoms with Gasteiger partial charge in [0.2, 0.25) is 0 Å². The van der Waals surface area contributed by atoms with Gasteiger partial charge in [-0.25, -0.2) is 9.67 Å². The molecule has 1 aliphatic heterocycles. The van der Waals surface area contributed by atoms with E-state index in [1.54, 1.807) is 30.2 Å². The fourth-order valence-corrected chi connectivity index (χ4v) is 4.07. The lowest BCUT2D eigenvalue weighted by molar-refractivity contribution is 0.249. The second-order valence-electron chi connectivity index (χ2n) is 8.44. The first-order valence-electron chi connectivity index (χ1n) is 10.6. The first-order chi connectivity index (χ1) is 14.6. The molecule has 0 amide bonds. The Bertz CT molecular complexity index is 1190. The van der Waals surface area contributed by atoms with Gasteiger partial charge < -0.3 is 4.90 Å². The van der Waals surface area contributed by atoms with Crippen molar-refractivity contribution in [2.75, 3.05) is 31.1 Å². The van der Waals surface area contributed by atoms with Crippen molar-refractivity contribution in [3.05, 3.63) is 63.1 Å². The summed E-state index contributed by atoms with van der Waals surface area (Å²) in [6.45, 7) is 5.11. The summed E-state index contributed by atoms with van der Waals surface area (Å²) in [5.41, 5.74) is 2.79. The molecule has 1 aliphatic carbocycles. The zero-order valence-corrected chi connectivity index (χ0v) is 17.2. The van der Waals surface area contributed by atoms with Gasteiger partial charge >= 0.3 is 0 Å². The third-order valence-electron chi connectivity index (χ3n) is 6.13. The lowest BCUT2D eigenvalue weighted by atomic mass is 10.2. The van der Waals surface area contributed by atoms with Crippen LogP contribution in [0, 0.1) is 5.92 Å². The van der Waals surface area contributed by atoms with Gasteiger partial charge in [-0.1, -0.05) is 0 Å². The minimum atomic E-state index is -0.0778. The SMILES string of the molecule is Cn1ncc(CN2CCN(c3ccc4c(=O)n(CC5CC5)cnc4c3)CC2)cc1=O. The molecule has 0 spiro atoms. The Labute approximate surface area is 174 Å². The molecule has 3 heterocycles. The van der Waals surface area contributed by atoms with Gasteiger partial charge in [0.1, 0.15) is 0 Å². The van der Waals surface area contributed by atoms with Crippen LogP contribution in [0.4, 0.5) is 5.69 Å². The molecule has 0 atom stereocenters. The van der Waals surface area contributed by atoms with Gasteiger partial charge in [-0.05, 0) is 42.5 Å². The molecule has 156 valence electrons. The molecule has 2 aliphatic rings. The number of benzene rings is 1. The number of fused-ring (bicyclic) bond motifs is 1. The molecule has 0 N–H and O–H groups in total. The van der Waals surface area contributed by atoms with Gasteiger partial charge in [-0.3, -0.25) is 19.1 Å². The van der Waals surface area contributed by atoms with Crippen LogP contribution < -0.4 is 16.0 Å². The van der Waals surface area contributed by atoms with Gasteiger partial charge in [0.25, 0.3) is 11.1 Å². The summed E-state index contributed by atoms with van der Waals surface area (Å²) in [5, 5.41) is 4.79. The van der Waals surface area contributed by atoms with E-state index in [-0.39, 0.29) is 11.1 Å². The van der Waals surface area contributed by atoms with E-state index in [0.717, 1.165) is 56.0 Å². The number of hydrogen-bond acceptors (Lipinski definition) is 6. The van der Waals surface area contributed by atoms with Crippen LogP contribution in [0.2, 0.25) is 0 Å². The van der Waals surface area contributed by atoms with Crippen LogP contribution >= 0.6 is 0 Å². The normalized spacial score (nSPS) is 17.6. The Kier molecular flexibility index (Phi) is 4.86. The largest absolute Gasteiger partial charge is 0.369 e. The Morgan fingerprint density at radius 2 is 1.87 bits per heavy atom. The molecule has 1 saturated carbocycles. The number of hydrogen-bond donors (Lipinski definition) is 0. The minimum absolute atomic E-state index is 0.0610. The van der Waals surface area contributed by atoms with E-state index < -0.39 is 0 Å². The molecule has 5 rings (SSSR count). The van der Waals surface area contributed by atoms with E-state index in [1.807, 2.05) is 18.2 Å². The van der Waals surface area contributed by atoms with Crippen molar-refractivity contribution in [1.82, 2.24) is 24.2 Å². The average Bonchev–Trinajstić information content (AvgIpc) is 3.57. The molecule has 2 fully saturated rings. The second kappa shape index (κ2) is 7.68. The Hall–Kier alpha value is -3.00. The van der Waals surface area contributed by atoms with Crippen molar-refractivity contribution in [3.63, 3.8) is 0 Å². The number of aryl methyl sites for hydroxylation is 1. The predicted molar refractivity (Wildman–Crippen MR) is 116 cm³/mol. The van der Waals surface area contributed by atoms with Gasteiger partial charge in [0, 0.05) is 58.1 Å². The first kappa shape index (κ1) is 19.0. The van der Waals surface area contributed by atoms with E-state index in [4.69, 9.17) is 0 Å². The minimum Gasteiger partial charge on any atom is -0.369 e. The molecular weight excluding hydrogens is 380 g/mol. The third-order valence-corrected chi connectivity index (χ3v) is 6.13. The topological polar surface area (TPSA) is 76.3 Å². The van der Waals surface area contributed by atoms with E-state index in [9.17, 15) is 9.59 Å². The van der Waals surface area contributed by atoms with Gasteiger partial charge in [-0.2, -0.15) is 5.10 Å². The fourth-order valence-electron chi connectivity index (χ4n) is 4.07. The summed E-state index contributed by atoms with van der Waals surface area (Å²) in [5.74, 6) is 0.646. The summed E-state index contributed by atoms with van der Waals surface area (Å²) in [4.78, 5) is 33.7. The lowest BCUT2D eigenvalue weighted by Gasteiger charge is -2.36. The molecule has 8 heteroatoms. The van der Waals surface area contributed by atoms with Crippen LogP contribution in [0.1, 0.15) is 18.4 Å².